The Morgan fingerprint density at radius 2 is 1.02 bits per heavy atom. The molecule has 0 atom stereocenters. The molecule has 0 fully saturated rings. The summed E-state index contributed by atoms with van der Waals surface area (Å²) in [6.07, 6.45) is 0. The molecule has 0 spiro atoms. The van der Waals surface area contributed by atoms with E-state index in [1.54, 1.807) is 0 Å². The average molecular weight is 797 g/mol. The molecule has 1 aliphatic heterocycles. The number of para-hydroxylation sites is 2. The molecule has 0 saturated carbocycles. The topological polar surface area (TPSA) is 34.0 Å². The second-order valence-corrected chi connectivity index (χ2v) is 16.5. The zero-order valence-corrected chi connectivity index (χ0v) is 33.8. The van der Waals surface area contributed by atoms with E-state index in [9.17, 15) is 0 Å². The van der Waals surface area contributed by atoms with Crippen LogP contribution in [0, 0.1) is 0 Å². The van der Waals surface area contributed by atoms with Gasteiger partial charge in [0.05, 0.1) is 33.8 Å². The van der Waals surface area contributed by atoms with E-state index < -0.39 is 0 Å². The van der Waals surface area contributed by atoms with E-state index in [0.717, 1.165) is 50.5 Å². The van der Waals surface area contributed by atoms with E-state index in [-0.39, 0.29) is 0 Å². The first-order valence-corrected chi connectivity index (χ1v) is 21.4. The van der Waals surface area contributed by atoms with E-state index in [0.29, 0.717) is 5.82 Å². The molecule has 4 nitrogen and oxygen atoms in total. The number of anilines is 3. The van der Waals surface area contributed by atoms with Gasteiger partial charge in [-0.05, 0) is 88.6 Å². The summed E-state index contributed by atoms with van der Waals surface area (Å²) in [6, 6.07) is 78.0. The maximum absolute atomic E-state index is 5.19. The van der Waals surface area contributed by atoms with Crippen LogP contribution in [0.3, 0.4) is 0 Å². The van der Waals surface area contributed by atoms with Crippen LogP contribution in [-0.2, 0) is 0 Å². The third kappa shape index (κ3) is 6.01. The Kier molecular flexibility index (Phi) is 8.39. The highest BCUT2D eigenvalue weighted by molar-refractivity contribution is 7.99. The third-order valence-electron chi connectivity index (χ3n) is 11.8. The summed E-state index contributed by atoms with van der Waals surface area (Å²) in [5, 5.41) is 4.92. The second-order valence-electron chi connectivity index (χ2n) is 15.4. The highest BCUT2D eigenvalue weighted by Gasteiger charge is 2.26. The average Bonchev–Trinajstić information content (AvgIpc) is 3.69. The minimum Gasteiger partial charge on any atom is -0.309 e. The van der Waals surface area contributed by atoms with Crippen molar-refractivity contribution in [2.45, 2.75) is 9.79 Å². The molecular weight excluding hydrogens is 761 g/mol. The zero-order valence-electron chi connectivity index (χ0n) is 33.0. The quantitative estimate of drug-likeness (QED) is 0.168. The van der Waals surface area contributed by atoms with E-state index >= 15 is 0 Å². The van der Waals surface area contributed by atoms with Gasteiger partial charge in [0, 0.05) is 48.6 Å². The Labute approximate surface area is 358 Å². The van der Waals surface area contributed by atoms with Crippen LogP contribution in [0.25, 0.3) is 83.3 Å². The molecule has 61 heavy (non-hydrogen) atoms. The Morgan fingerprint density at radius 1 is 0.377 bits per heavy atom. The van der Waals surface area contributed by atoms with Crippen LogP contribution in [0.1, 0.15) is 0 Å². The molecule has 11 aromatic rings. The van der Waals surface area contributed by atoms with Crippen molar-refractivity contribution in [1.82, 2.24) is 14.5 Å². The molecule has 0 bridgehead atoms. The third-order valence-corrected chi connectivity index (χ3v) is 12.9. The van der Waals surface area contributed by atoms with Crippen LogP contribution in [0.2, 0.25) is 0 Å². The van der Waals surface area contributed by atoms with Gasteiger partial charge in [0.1, 0.15) is 0 Å². The molecule has 0 aliphatic carbocycles. The molecule has 0 unspecified atom stereocenters. The van der Waals surface area contributed by atoms with Crippen molar-refractivity contribution in [3.05, 3.63) is 218 Å². The molecule has 3 heterocycles. The Bertz CT molecular complexity index is 3390. The van der Waals surface area contributed by atoms with E-state index in [1.807, 2.05) is 36.0 Å². The van der Waals surface area contributed by atoms with Crippen molar-refractivity contribution in [3.63, 3.8) is 0 Å². The van der Waals surface area contributed by atoms with E-state index in [4.69, 9.17) is 9.97 Å². The number of benzene rings is 9. The predicted molar refractivity (Wildman–Crippen MR) is 254 cm³/mol. The summed E-state index contributed by atoms with van der Waals surface area (Å²) >= 11 is 1.84. The highest BCUT2D eigenvalue weighted by atomic mass is 32.2. The summed E-state index contributed by atoms with van der Waals surface area (Å²) in [5.41, 5.74) is 14.1. The summed E-state index contributed by atoms with van der Waals surface area (Å²) in [4.78, 5) is 15.1. The fourth-order valence-electron chi connectivity index (χ4n) is 9.00. The summed E-state index contributed by atoms with van der Waals surface area (Å²) in [7, 11) is 0. The van der Waals surface area contributed by atoms with Crippen molar-refractivity contribution < 1.29 is 0 Å². The van der Waals surface area contributed by atoms with Gasteiger partial charge in [-0.1, -0.05) is 163 Å². The molecule has 5 heteroatoms. The molecule has 2 aromatic heterocycles. The number of rotatable bonds is 6. The maximum Gasteiger partial charge on any atom is 0.160 e. The van der Waals surface area contributed by atoms with Gasteiger partial charge in [-0.2, -0.15) is 0 Å². The van der Waals surface area contributed by atoms with Crippen molar-refractivity contribution in [1.29, 1.82) is 0 Å². The van der Waals surface area contributed by atoms with Gasteiger partial charge >= 0.3 is 0 Å². The van der Waals surface area contributed by atoms with Crippen LogP contribution in [-0.4, -0.2) is 14.5 Å². The molecule has 9 aromatic carbocycles. The van der Waals surface area contributed by atoms with Crippen LogP contribution in [0.4, 0.5) is 17.1 Å². The lowest BCUT2D eigenvalue weighted by Gasteiger charge is -2.33. The second kappa shape index (κ2) is 14.5. The Hall–Kier alpha value is -7.73. The van der Waals surface area contributed by atoms with Crippen LogP contribution < -0.4 is 4.90 Å². The molecule has 0 N–H and O–H groups in total. The first-order chi connectivity index (χ1) is 30.2. The normalized spacial score (nSPS) is 12.2. The number of aromatic nitrogens is 3. The number of hydrogen-bond donors (Lipinski definition) is 0. The van der Waals surface area contributed by atoms with Crippen LogP contribution in [0.15, 0.2) is 228 Å². The predicted octanol–water partition coefficient (Wildman–Crippen LogP) is 15.3. The standard InChI is InChI=1S/C56H36N4S/c1-4-17-38(18-5-1)46-36-47(58-56(57-46)39-19-6-2-7-20-39)41-21-14-24-43(34-41)60-49-28-15-26-45(55(49)54-44-25-11-10-16-37(44)30-32-50(54)60)40-31-33-53-51(35-40)59(42-22-8-3-9-23-42)48-27-12-13-29-52(48)61-53/h1-36H. The van der Waals surface area contributed by atoms with E-state index in [1.165, 1.54) is 53.8 Å². The molecule has 0 radical (unpaired) electrons. The summed E-state index contributed by atoms with van der Waals surface area (Å²) in [6.45, 7) is 0. The minimum atomic E-state index is 0.702. The Morgan fingerprint density at radius 3 is 1.85 bits per heavy atom. The number of hydrogen-bond acceptors (Lipinski definition) is 4. The molecule has 286 valence electrons. The maximum atomic E-state index is 5.19. The molecule has 0 amide bonds. The van der Waals surface area contributed by atoms with Gasteiger partial charge in [-0.25, -0.2) is 9.97 Å². The van der Waals surface area contributed by atoms with Crippen LogP contribution >= 0.6 is 11.8 Å². The summed E-state index contributed by atoms with van der Waals surface area (Å²) in [5.74, 6) is 0.702. The van der Waals surface area contributed by atoms with Gasteiger partial charge in [-0.3, -0.25) is 0 Å². The SMILES string of the molecule is c1ccc(-c2cc(-c3cccc(-n4c5cccc(-c6ccc7c(c6)N(c6ccccc6)c6ccccc6S7)c5c5c6ccccc6ccc54)c3)nc(-c3ccccc3)n2)cc1. The van der Waals surface area contributed by atoms with E-state index in [2.05, 4.69) is 204 Å². The van der Waals surface area contributed by atoms with Gasteiger partial charge in [-0.15, -0.1) is 0 Å². The summed E-state index contributed by atoms with van der Waals surface area (Å²) < 4.78 is 2.43. The lowest BCUT2D eigenvalue weighted by Crippen LogP contribution is -2.14. The van der Waals surface area contributed by atoms with Gasteiger partial charge < -0.3 is 9.47 Å². The molecule has 0 saturated heterocycles. The van der Waals surface area contributed by atoms with Gasteiger partial charge in [0.15, 0.2) is 5.82 Å². The first kappa shape index (κ1) is 35.2. The first-order valence-electron chi connectivity index (χ1n) is 20.6. The monoisotopic (exact) mass is 796 g/mol. The zero-order chi connectivity index (χ0) is 40.3. The van der Waals surface area contributed by atoms with Gasteiger partial charge in [0.25, 0.3) is 0 Å². The Balaban J connectivity index is 1.07. The molecule has 12 rings (SSSR count). The van der Waals surface area contributed by atoms with Gasteiger partial charge in [0.2, 0.25) is 0 Å². The minimum absolute atomic E-state index is 0.702. The lowest BCUT2D eigenvalue weighted by molar-refractivity contribution is 1.16. The lowest BCUT2D eigenvalue weighted by atomic mass is 9.96. The molecule has 1 aliphatic rings. The smallest absolute Gasteiger partial charge is 0.160 e. The van der Waals surface area contributed by atoms with Crippen molar-refractivity contribution >= 4 is 61.4 Å². The largest absolute Gasteiger partial charge is 0.309 e. The van der Waals surface area contributed by atoms with Crippen molar-refractivity contribution in [2.75, 3.05) is 4.90 Å². The highest BCUT2D eigenvalue weighted by Crippen LogP contribution is 2.53. The molecular formula is C56H36N4S. The number of fused-ring (bicyclic) bond motifs is 7. The van der Waals surface area contributed by atoms with Crippen LogP contribution in [0.5, 0.6) is 0 Å². The fourth-order valence-corrected chi connectivity index (χ4v) is 10.0. The van der Waals surface area contributed by atoms with Crippen molar-refractivity contribution in [2.24, 2.45) is 0 Å². The fraction of sp³-hybridized carbons (Fsp3) is 0. The number of nitrogens with zero attached hydrogens (tertiary/aromatic N) is 4. The van der Waals surface area contributed by atoms with Crippen molar-refractivity contribution in [3.8, 4) is 50.7 Å².